The Hall–Kier alpha value is -2.31. The van der Waals surface area contributed by atoms with Crippen molar-refractivity contribution in [3.8, 4) is 5.88 Å². The third-order valence-corrected chi connectivity index (χ3v) is 3.41. The SMILES string of the molecule is C[C@@H]1CCn2nc3c(c2O1)c(=O)oc1nn(C)cc13. The second kappa shape index (κ2) is 3.37. The van der Waals surface area contributed by atoms with Crippen LogP contribution >= 0.6 is 0 Å². The number of aromatic nitrogens is 4. The minimum Gasteiger partial charge on any atom is -0.474 e. The van der Waals surface area contributed by atoms with Crippen LogP contribution in [0.4, 0.5) is 0 Å². The van der Waals surface area contributed by atoms with Crippen LogP contribution in [0, 0.1) is 0 Å². The highest BCUT2D eigenvalue weighted by atomic mass is 16.5. The van der Waals surface area contributed by atoms with Crippen LogP contribution in [0.15, 0.2) is 15.4 Å². The standard InChI is InChI=1S/C12H12N4O3/c1-6-3-4-16-11(18-6)8-9(13-16)7-5-15(2)14-10(7)19-12(8)17/h5-6H,3-4H2,1-2H3/t6-/m1/s1. The fraction of sp³-hybridized carbons (Fsp3) is 0.417. The maximum atomic E-state index is 12.1. The van der Waals surface area contributed by atoms with Crippen molar-refractivity contribution in [2.24, 2.45) is 7.05 Å². The largest absolute Gasteiger partial charge is 0.474 e. The maximum absolute atomic E-state index is 12.1. The number of hydrogen-bond acceptors (Lipinski definition) is 5. The summed E-state index contributed by atoms with van der Waals surface area (Å²) in [4.78, 5) is 12.1. The molecule has 0 radical (unpaired) electrons. The molecule has 1 atom stereocenters. The first-order valence-electron chi connectivity index (χ1n) is 6.17. The molecule has 0 N–H and O–H groups in total. The van der Waals surface area contributed by atoms with Crippen molar-refractivity contribution in [1.82, 2.24) is 19.6 Å². The van der Waals surface area contributed by atoms with E-state index in [-0.39, 0.29) is 6.10 Å². The van der Waals surface area contributed by atoms with Crippen molar-refractivity contribution in [2.45, 2.75) is 26.0 Å². The summed E-state index contributed by atoms with van der Waals surface area (Å²) in [6.07, 6.45) is 2.75. The summed E-state index contributed by atoms with van der Waals surface area (Å²) in [5.74, 6) is 0.508. The molecular formula is C12H12N4O3. The summed E-state index contributed by atoms with van der Waals surface area (Å²) in [5.41, 5.74) is 0.462. The molecule has 0 fully saturated rings. The average Bonchev–Trinajstić information content (AvgIpc) is 2.89. The Morgan fingerprint density at radius 2 is 2.26 bits per heavy atom. The molecule has 0 aromatic carbocycles. The lowest BCUT2D eigenvalue weighted by Gasteiger charge is -2.20. The van der Waals surface area contributed by atoms with Crippen LogP contribution in [0.25, 0.3) is 22.0 Å². The van der Waals surface area contributed by atoms with Gasteiger partial charge in [-0.25, -0.2) is 9.48 Å². The van der Waals surface area contributed by atoms with Gasteiger partial charge in [-0.1, -0.05) is 0 Å². The number of fused-ring (bicyclic) bond motifs is 5. The molecule has 0 aliphatic carbocycles. The number of aryl methyl sites for hydroxylation is 2. The van der Waals surface area contributed by atoms with Crippen molar-refractivity contribution in [1.29, 1.82) is 0 Å². The Bertz CT molecular complexity index is 857. The third-order valence-electron chi connectivity index (χ3n) is 3.41. The molecule has 0 saturated carbocycles. The van der Waals surface area contributed by atoms with E-state index in [2.05, 4.69) is 10.2 Å². The van der Waals surface area contributed by atoms with Gasteiger partial charge in [0.25, 0.3) is 5.71 Å². The monoisotopic (exact) mass is 260 g/mol. The number of ether oxygens (including phenoxy) is 1. The Kier molecular flexibility index (Phi) is 1.88. The topological polar surface area (TPSA) is 75.1 Å². The molecule has 98 valence electrons. The first-order valence-corrected chi connectivity index (χ1v) is 6.17. The summed E-state index contributed by atoms with van der Waals surface area (Å²) < 4.78 is 14.3. The van der Waals surface area contributed by atoms with Gasteiger partial charge in [-0.05, 0) is 6.92 Å². The molecule has 7 heteroatoms. The molecule has 1 aliphatic heterocycles. The predicted octanol–water partition coefficient (Wildman–Crippen LogP) is 1.05. The molecular weight excluding hydrogens is 248 g/mol. The Morgan fingerprint density at radius 1 is 1.42 bits per heavy atom. The van der Waals surface area contributed by atoms with Gasteiger partial charge in [0.1, 0.15) is 5.52 Å². The van der Waals surface area contributed by atoms with E-state index >= 15 is 0 Å². The second-order valence-electron chi connectivity index (χ2n) is 4.88. The summed E-state index contributed by atoms with van der Waals surface area (Å²) in [5, 5.41) is 9.71. The van der Waals surface area contributed by atoms with Gasteiger partial charge in [0.15, 0.2) is 5.39 Å². The highest BCUT2D eigenvalue weighted by Gasteiger charge is 2.25. The minimum absolute atomic E-state index is 0.0800. The van der Waals surface area contributed by atoms with Gasteiger partial charge in [0.05, 0.1) is 11.5 Å². The molecule has 4 rings (SSSR count). The van der Waals surface area contributed by atoms with Gasteiger partial charge in [-0.2, -0.15) is 5.10 Å². The van der Waals surface area contributed by atoms with Crippen molar-refractivity contribution in [2.75, 3.05) is 0 Å². The molecule has 7 nitrogen and oxygen atoms in total. The maximum Gasteiger partial charge on any atom is 0.352 e. The van der Waals surface area contributed by atoms with E-state index in [1.807, 2.05) is 6.92 Å². The zero-order valence-corrected chi connectivity index (χ0v) is 10.6. The summed E-state index contributed by atoms with van der Waals surface area (Å²) >= 11 is 0. The van der Waals surface area contributed by atoms with E-state index in [1.165, 1.54) is 0 Å². The van der Waals surface area contributed by atoms with Gasteiger partial charge in [0.2, 0.25) is 5.88 Å². The van der Waals surface area contributed by atoms with Gasteiger partial charge in [-0.15, -0.1) is 5.10 Å². The van der Waals surface area contributed by atoms with Crippen LogP contribution < -0.4 is 10.4 Å². The van der Waals surface area contributed by atoms with Crippen molar-refractivity contribution in [3.63, 3.8) is 0 Å². The van der Waals surface area contributed by atoms with Crippen molar-refractivity contribution >= 4 is 22.0 Å². The zero-order valence-electron chi connectivity index (χ0n) is 10.6. The van der Waals surface area contributed by atoms with E-state index in [1.54, 1.807) is 22.6 Å². The Morgan fingerprint density at radius 3 is 3.11 bits per heavy atom. The molecule has 1 aliphatic rings. The molecule has 3 aromatic rings. The number of hydrogen-bond donors (Lipinski definition) is 0. The lowest BCUT2D eigenvalue weighted by molar-refractivity contribution is 0.151. The quantitative estimate of drug-likeness (QED) is 0.604. The van der Waals surface area contributed by atoms with Crippen molar-refractivity contribution < 1.29 is 9.15 Å². The molecule has 0 unspecified atom stereocenters. The normalized spacial score (nSPS) is 18.7. The summed E-state index contributed by atoms with van der Waals surface area (Å²) in [7, 11) is 1.78. The van der Waals surface area contributed by atoms with Crippen LogP contribution in [-0.2, 0) is 13.6 Å². The third kappa shape index (κ3) is 1.35. The van der Waals surface area contributed by atoms with E-state index in [0.29, 0.717) is 22.5 Å². The van der Waals surface area contributed by atoms with Gasteiger partial charge in [-0.3, -0.25) is 4.68 Å². The number of rotatable bonds is 0. The van der Waals surface area contributed by atoms with Gasteiger partial charge < -0.3 is 9.15 Å². The predicted molar refractivity (Wildman–Crippen MR) is 67.2 cm³/mol. The number of nitrogens with zero attached hydrogens (tertiary/aromatic N) is 4. The molecule has 0 bridgehead atoms. The van der Waals surface area contributed by atoms with Crippen LogP contribution in [0.5, 0.6) is 5.88 Å². The van der Waals surface area contributed by atoms with E-state index in [0.717, 1.165) is 18.4 Å². The molecule has 19 heavy (non-hydrogen) atoms. The average molecular weight is 260 g/mol. The Balaban J connectivity index is 2.17. The lowest BCUT2D eigenvalue weighted by Crippen LogP contribution is -2.23. The molecule has 0 saturated heterocycles. The smallest absolute Gasteiger partial charge is 0.352 e. The minimum atomic E-state index is -0.448. The second-order valence-corrected chi connectivity index (χ2v) is 4.88. The van der Waals surface area contributed by atoms with E-state index in [9.17, 15) is 4.79 Å². The van der Waals surface area contributed by atoms with Crippen LogP contribution in [0.2, 0.25) is 0 Å². The Labute approximate surface area is 107 Å². The van der Waals surface area contributed by atoms with E-state index in [4.69, 9.17) is 9.15 Å². The highest BCUT2D eigenvalue weighted by Crippen LogP contribution is 2.31. The summed E-state index contributed by atoms with van der Waals surface area (Å²) in [6.45, 7) is 2.72. The van der Waals surface area contributed by atoms with E-state index < -0.39 is 5.63 Å². The fourth-order valence-electron chi connectivity index (χ4n) is 2.49. The molecule has 0 spiro atoms. The highest BCUT2D eigenvalue weighted by molar-refractivity contribution is 6.02. The van der Waals surface area contributed by atoms with Gasteiger partial charge >= 0.3 is 5.63 Å². The van der Waals surface area contributed by atoms with Gasteiger partial charge in [0, 0.05) is 26.2 Å². The van der Waals surface area contributed by atoms with Crippen LogP contribution in [0.1, 0.15) is 13.3 Å². The first-order chi connectivity index (χ1) is 9.13. The molecule has 0 amide bonds. The zero-order chi connectivity index (χ0) is 13.1. The molecule has 4 heterocycles. The van der Waals surface area contributed by atoms with Crippen LogP contribution in [-0.4, -0.2) is 25.7 Å². The summed E-state index contributed by atoms with van der Waals surface area (Å²) in [6, 6.07) is 0. The molecule has 3 aromatic heterocycles. The first kappa shape index (κ1) is 10.6. The fourth-order valence-corrected chi connectivity index (χ4v) is 2.49. The van der Waals surface area contributed by atoms with Crippen LogP contribution in [0.3, 0.4) is 0 Å². The lowest BCUT2D eigenvalue weighted by atomic mass is 10.2. The van der Waals surface area contributed by atoms with Crippen molar-refractivity contribution in [3.05, 3.63) is 16.6 Å².